The molecule has 148 valence electrons. The van der Waals surface area contributed by atoms with Crippen molar-refractivity contribution < 1.29 is 14.3 Å². The Labute approximate surface area is 169 Å². The van der Waals surface area contributed by atoms with E-state index in [4.69, 9.17) is 4.74 Å². The van der Waals surface area contributed by atoms with Crippen LogP contribution in [0.1, 0.15) is 31.8 Å². The molecule has 2 amide bonds. The number of amides is 2. The Hall–Kier alpha value is -3.67. The van der Waals surface area contributed by atoms with Gasteiger partial charge in [-0.2, -0.15) is 0 Å². The number of hydrogen-bond donors (Lipinski definition) is 2. The molecular weight excluding hydrogens is 366 g/mol. The summed E-state index contributed by atoms with van der Waals surface area (Å²) in [5, 5.41) is 5.74. The minimum atomic E-state index is -0.231. The quantitative estimate of drug-likeness (QED) is 0.621. The fourth-order valence-electron chi connectivity index (χ4n) is 2.91. The second kappa shape index (κ2) is 10.0. The normalized spacial score (nSPS) is 10.2. The molecule has 0 aliphatic heterocycles. The SMILES string of the molecule is COc1ccccc1CCNC(=O)c1cccc(C(=O)NCc2ccncc2)c1. The van der Waals surface area contributed by atoms with Crippen molar-refractivity contribution in [3.8, 4) is 5.75 Å². The highest BCUT2D eigenvalue weighted by Crippen LogP contribution is 2.17. The Balaban J connectivity index is 1.55. The second-order valence-electron chi connectivity index (χ2n) is 6.44. The van der Waals surface area contributed by atoms with Crippen LogP contribution in [0.3, 0.4) is 0 Å². The van der Waals surface area contributed by atoms with Gasteiger partial charge in [0.15, 0.2) is 0 Å². The lowest BCUT2D eigenvalue weighted by Gasteiger charge is -2.10. The highest BCUT2D eigenvalue weighted by atomic mass is 16.5. The summed E-state index contributed by atoms with van der Waals surface area (Å²) in [7, 11) is 1.63. The van der Waals surface area contributed by atoms with Gasteiger partial charge in [-0.05, 0) is 53.9 Å². The predicted octanol–water partition coefficient (Wildman–Crippen LogP) is 2.99. The maximum Gasteiger partial charge on any atom is 0.251 e. The molecule has 0 atom stereocenters. The molecule has 0 unspecified atom stereocenters. The molecule has 0 saturated carbocycles. The standard InChI is InChI=1S/C23H23N3O3/c1-29-21-8-3-2-5-18(21)11-14-25-22(27)19-6-4-7-20(15-19)23(28)26-16-17-9-12-24-13-10-17/h2-10,12-13,15H,11,14,16H2,1H3,(H,25,27)(H,26,28). The van der Waals surface area contributed by atoms with Gasteiger partial charge in [0, 0.05) is 36.6 Å². The zero-order chi connectivity index (χ0) is 20.5. The molecule has 2 aromatic carbocycles. The molecule has 2 N–H and O–H groups in total. The van der Waals surface area contributed by atoms with Crippen LogP contribution in [0.2, 0.25) is 0 Å². The summed E-state index contributed by atoms with van der Waals surface area (Å²) in [6, 6.07) is 18.1. The molecule has 0 aliphatic carbocycles. The number of rotatable bonds is 8. The van der Waals surface area contributed by atoms with Gasteiger partial charge in [-0.25, -0.2) is 0 Å². The molecule has 0 radical (unpaired) electrons. The van der Waals surface area contributed by atoms with E-state index in [1.54, 1.807) is 43.8 Å². The number of methoxy groups -OCH3 is 1. The summed E-state index contributed by atoms with van der Waals surface area (Å²) in [6.45, 7) is 0.869. The number of pyridine rings is 1. The minimum absolute atomic E-state index is 0.219. The van der Waals surface area contributed by atoms with Crippen LogP contribution in [0, 0.1) is 0 Å². The van der Waals surface area contributed by atoms with Crippen LogP contribution in [0.25, 0.3) is 0 Å². The van der Waals surface area contributed by atoms with Crippen molar-refractivity contribution in [3.05, 3.63) is 95.3 Å². The van der Waals surface area contributed by atoms with E-state index in [1.165, 1.54) is 0 Å². The number of carbonyl (C=O) groups excluding carboxylic acids is 2. The predicted molar refractivity (Wildman–Crippen MR) is 111 cm³/mol. The third-order valence-corrected chi connectivity index (χ3v) is 4.46. The number of hydrogen-bond acceptors (Lipinski definition) is 4. The maximum absolute atomic E-state index is 12.5. The number of para-hydroxylation sites is 1. The monoisotopic (exact) mass is 389 g/mol. The van der Waals surface area contributed by atoms with Gasteiger partial charge < -0.3 is 15.4 Å². The fraction of sp³-hybridized carbons (Fsp3) is 0.174. The Bertz CT molecular complexity index is 974. The first-order chi connectivity index (χ1) is 14.2. The van der Waals surface area contributed by atoms with Gasteiger partial charge in [0.05, 0.1) is 7.11 Å². The van der Waals surface area contributed by atoms with Crippen molar-refractivity contribution in [3.63, 3.8) is 0 Å². The molecule has 0 aliphatic rings. The summed E-state index contributed by atoms with van der Waals surface area (Å²) in [5.41, 5.74) is 2.87. The van der Waals surface area contributed by atoms with Gasteiger partial charge in [0.2, 0.25) is 0 Å². The topological polar surface area (TPSA) is 80.3 Å². The molecule has 1 heterocycles. The van der Waals surface area contributed by atoms with E-state index in [0.29, 0.717) is 30.6 Å². The molecule has 3 rings (SSSR count). The van der Waals surface area contributed by atoms with Crippen molar-refractivity contribution in [2.75, 3.05) is 13.7 Å². The summed E-state index contributed by atoms with van der Waals surface area (Å²) < 4.78 is 5.32. The minimum Gasteiger partial charge on any atom is -0.496 e. The van der Waals surface area contributed by atoms with Gasteiger partial charge in [0.25, 0.3) is 11.8 Å². The molecule has 0 bridgehead atoms. The molecule has 0 spiro atoms. The van der Waals surface area contributed by atoms with Crippen LogP contribution >= 0.6 is 0 Å². The molecule has 3 aromatic rings. The molecule has 6 heteroatoms. The maximum atomic E-state index is 12.5. The van der Waals surface area contributed by atoms with Crippen molar-refractivity contribution in [1.29, 1.82) is 0 Å². The van der Waals surface area contributed by atoms with E-state index in [9.17, 15) is 9.59 Å². The number of nitrogens with zero attached hydrogens (tertiary/aromatic N) is 1. The first-order valence-electron chi connectivity index (χ1n) is 9.34. The molecule has 1 aromatic heterocycles. The van der Waals surface area contributed by atoms with Crippen LogP contribution in [0.5, 0.6) is 5.75 Å². The lowest BCUT2D eigenvalue weighted by atomic mass is 10.1. The fourth-order valence-corrected chi connectivity index (χ4v) is 2.91. The molecule has 0 fully saturated rings. The average Bonchev–Trinajstić information content (AvgIpc) is 2.78. The third kappa shape index (κ3) is 5.65. The van der Waals surface area contributed by atoms with E-state index in [2.05, 4.69) is 15.6 Å². The molecule has 0 saturated heterocycles. The smallest absolute Gasteiger partial charge is 0.251 e. The van der Waals surface area contributed by atoms with Crippen molar-refractivity contribution >= 4 is 11.8 Å². The number of aromatic nitrogens is 1. The van der Waals surface area contributed by atoms with E-state index in [-0.39, 0.29) is 11.8 Å². The van der Waals surface area contributed by atoms with Crippen LogP contribution in [0.4, 0.5) is 0 Å². The van der Waals surface area contributed by atoms with Gasteiger partial charge >= 0.3 is 0 Å². The third-order valence-electron chi connectivity index (χ3n) is 4.46. The van der Waals surface area contributed by atoms with Crippen LogP contribution in [-0.4, -0.2) is 30.5 Å². The zero-order valence-electron chi connectivity index (χ0n) is 16.2. The molecule has 6 nitrogen and oxygen atoms in total. The van der Waals surface area contributed by atoms with E-state index < -0.39 is 0 Å². The Morgan fingerprint density at radius 3 is 2.31 bits per heavy atom. The van der Waals surface area contributed by atoms with Gasteiger partial charge in [-0.1, -0.05) is 24.3 Å². The first-order valence-corrected chi connectivity index (χ1v) is 9.34. The van der Waals surface area contributed by atoms with E-state index in [0.717, 1.165) is 16.9 Å². The Kier molecular flexibility index (Phi) is 6.95. The summed E-state index contributed by atoms with van der Waals surface area (Å²) in [6.07, 6.45) is 4.01. The number of benzene rings is 2. The van der Waals surface area contributed by atoms with E-state index in [1.807, 2.05) is 36.4 Å². The van der Waals surface area contributed by atoms with Crippen molar-refractivity contribution in [1.82, 2.24) is 15.6 Å². The first kappa shape index (κ1) is 20.1. The summed E-state index contributed by atoms with van der Waals surface area (Å²) >= 11 is 0. The van der Waals surface area contributed by atoms with Gasteiger partial charge in [-0.3, -0.25) is 14.6 Å². The number of nitrogens with one attached hydrogen (secondary N) is 2. The zero-order valence-corrected chi connectivity index (χ0v) is 16.2. The molecule has 29 heavy (non-hydrogen) atoms. The number of ether oxygens (including phenoxy) is 1. The Morgan fingerprint density at radius 2 is 1.59 bits per heavy atom. The van der Waals surface area contributed by atoms with Crippen molar-refractivity contribution in [2.24, 2.45) is 0 Å². The lowest BCUT2D eigenvalue weighted by Crippen LogP contribution is -2.27. The summed E-state index contributed by atoms with van der Waals surface area (Å²) in [4.78, 5) is 28.8. The van der Waals surface area contributed by atoms with Crippen LogP contribution in [0.15, 0.2) is 73.1 Å². The second-order valence-corrected chi connectivity index (χ2v) is 6.44. The van der Waals surface area contributed by atoms with Gasteiger partial charge in [-0.15, -0.1) is 0 Å². The molecular formula is C23H23N3O3. The van der Waals surface area contributed by atoms with E-state index >= 15 is 0 Å². The number of carbonyl (C=O) groups is 2. The van der Waals surface area contributed by atoms with Crippen LogP contribution in [-0.2, 0) is 13.0 Å². The summed E-state index contributed by atoms with van der Waals surface area (Å²) in [5.74, 6) is 0.351. The highest BCUT2D eigenvalue weighted by molar-refractivity contribution is 5.99. The van der Waals surface area contributed by atoms with Gasteiger partial charge in [0.1, 0.15) is 5.75 Å². The largest absolute Gasteiger partial charge is 0.496 e. The van der Waals surface area contributed by atoms with Crippen molar-refractivity contribution in [2.45, 2.75) is 13.0 Å². The average molecular weight is 389 g/mol. The highest BCUT2D eigenvalue weighted by Gasteiger charge is 2.11. The Morgan fingerprint density at radius 1 is 0.897 bits per heavy atom. The lowest BCUT2D eigenvalue weighted by molar-refractivity contribution is 0.0950. The van der Waals surface area contributed by atoms with Crippen LogP contribution < -0.4 is 15.4 Å².